The molecule has 0 bridgehead atoms. The van der Waals surface area contributed by atoms with E-state index in [1.165, 1.54) is 0 Å². The lowest BCUT2D eigenvalue weighted by molar-refractivity contribution is 0.0827. The first kappa shape index (κ1) is 15.0. The van der Waals surface area contributed by atoms with Crippen LogP contribution in [-0.2, 0) is 6.54 Å². The topological polar surface area (TPSA) is 58.1 Å². The third-order valence-electron chi connectivity index (χ3n) is 3.55. The van der Waals surface area contributed by atoms with Gasteiger partial charge < -0.3 is 10.2 Å². The lowest BCUT2D eigenvalue weighted by atomic mass is 10.1. The van der Waals surface area contributed by atoms with E-state index in [1.54, 1.807) is 43.5 Å². The number of carbonyl (C=O) groups excluding carboxylic acids is 1. The number of amides is 1. The molecular weight excluding hydrogens is 288 g/mol. The standard InChI is InChI=1S/C18H18N4O/c1-22(2)18(23)15-7-9-20-17(11-15)21-12-13-5-6-16-14(10-13)4-3-8-19-16/h3-11H,12H2,1-2H3,(H,20,21). The van der Waals surface area contributed by atoms with Gasteiger partial charge in [0.2, 0.25) is 0 Å². The van der Waals surface area contributed by atoms with Gasteiger partial charge in [0.15, 0.2) is 0 Å². The first-order valence-corrected chi connectivity index (χ1v) is 7.39. The molecule has 23 heavy (non-hydrogen) atoms. The Bertz CT molecular complexity index is 845. The van der Waals surface area contributed by atoms with Crippen molar-refractivity contribution in [3.63, 3.8) is 0 Å². The maximum absolute atomic E-state index is 12.0. The molecule has 5 heteroatoms. The Morgan fingerprint density at radius 2 is 1.96 bits per heavy atom. The molecule has 0 atom stereocenters. The summed E-state index contributed by atoms with van der Waals surface area (Å²) < 4.78 is 0. The van der Waals surface area contributed by atoms with Crippen LogP contribution in [0.1, 0.15) is 15.9 Å². The molecule has 0 fully saturated rings. The van der Waals surface area contributed by atoms with E-state index in [-0.39, 0.29) is 5.91 Å². The van der Waals surface area contributed by atoms with Crippen LogP contribution in [0.15, 0.2) is 54.9 Å². The molecule has 0 aliphatic rings. The number of nitrogens with zero attached hydrogens (tertiary/aromatic N) is 3. The smallest absolute Gasteiger partial charge is 0.253 e. The van der Waals surface area contributed by atoms with Crippen LogP contribution in [0.4, 0.5) is 5.82 Å². The van der Waals surface area contributed by atoms with E-state index in [1.807, 2.05) is 24.3 Å². The molecule has 116 valence electrons. The van der Waals surface area contributed by atoms with Crippen LogP contribution in [0.5, 0.6) is 0 Å². The van der Waals surface area contributed by atoms with Crippen molar-refractivity contribution in [1.82, 2.24) is 14.9 Å². The number of nitrogens with one attached hydrogen (secondary N) is 1. The highest BCUT2D eigenvalue weighted by Gasteiger charge is 2.08. The van der Waals surface area contributed by atoms with Crippen LogP contribution in [0, 0.1) is 0 Å². The monoisotopic (exact) mass is 306 g/mol. The fraction of sp³-hybridized carbons (Fsp3) is 0.167. The van der Waals surface area contributed by atoms with Gasteiger partial charge in [-0.2, -0.15) is 0 Å². The normalized spacial score (nSPS) is 10.5. The van der Waals surface area contributed by atoms with Crippen LogP contribution in [-0.4, -0.2) is 34.9 Å². The number of pyridine rings is 2. The summed E-state index contributed by atoms with van der Waals surface area (Å²) in [5.74, 6) is 0.649. The largest absolute Gasteiger partial charge is 0.366 e. The summed E-state index contributed by atoms with van der Waals surface area (Å²) in [6.45, 7) is 0.636. The number of hydrogen-bond acceptors (Lipinski definition) is 4. The summed E-state index contributed by atoms with van der Waals surface area (Å²) >= 11 is 0. The van der Waals surface area contributed by atoms with E-state index < -0.39 is 0 Å². The van der Waals surface area contributed by atoms with Crippen LogP contribution in [0.3, 0.4) is 0 Å². The lowest BCUT2D eigenvalue weighted by Gasteiger charge is -2.11. The summed E-state index contributed by atoms with van der Waals surface area (Å²) in [7, 11) is 3.47. The van der Waals surface area contributed by atoms with Crippen molar-refractivity contribution in [1.29, 1.82) is 0 Å². The second kappa shape index (κ2) is 6.44. The molecule has 2 heterocycles. The van der Waals surface area contributed by atoms with Gasteiger partial charge in [0.1, 0.15) is 5.82 Å². The van der Waals surface area contributed by atoms with Gasteiger partial charge in [0, 0.05) is 44.0 Å². The Balaban J connectivity index is 1.74. The molecule has 1 aromatic carbocycles. The molecule has 3 rings (SSSR count). The predicted octanol–water partition coefficient (Wildman–Crippen LogP) is 2.94. The molecule has 3 aromatic rings. The molecule has 2 aromatic heterocycles. The SMILES string of the molecule is CN(C)C(=O)c1ccnc(NCc2ccc3ncccc3c2)c1. The fourth-order valence-electron chi connectivity index (χ4n) is 2.35. The third kappa shape index (κ3) is 3.45. The van der Waals surface area contributed by atoms with Gasteiger partial charge in [-0.25, -0.2) is 4.98 Å². The van der Waals surface area contributed by atoms with E-state index in [2.05, 4.69) is 21.4 Å². The molecule has 0 saturated carbocycles. The van der Waals surface area contributed by atoms with Crippen molar-refractivity contribution in [3.05, 3.63) is 66.0 Å². The van der Waals surface area contributed by atoms with Gasteiger partial charge in [0.05, 0.1) is 5.52 Å². The molecule has 0 radical (unpaired) electrons. The second-order valence-corrected chi connectivity index (χ2v) is 5.51. The highest BCUT2D eigenvalue weighted by Crippen LogP contribution is 2.15. The minimum Gasteiger partial charge on any atom is -0.366 e. The minimum absolute atomic E-state index is 0.0350. The van der Waals surface area contributed by atoms with Crippen molar-refractivity contribution < 1.29 is 4.79 Å². The molecule has 0 unspecified atom stereocenters. The quantitative estimate of drug-likeness (QED) is 0.805. The molecular formula is C18H18N4O. The van der Waals surface area contributed by atoms with Crippen molar-refractivity contribution in [2.45, 2.75) is 6.54 Å². The number of fused-ring (bicyclic) bond motifs is 1. The zero-order chi connectivity index (χ0) is 16.2. The number of aromatic nitrogens is 2. The van der Waals surface area contributed by atoms with Gasteiger partial charge >= 0.3 is 0 Å². The molecule has 0 saturated heterocycles. The van der Waals surface area contributed by atoms with Gasteiger partial charge in [-0.1, -0.05) is 12.1 Å². The average molecular weight is 306 g/mol. The van der Waals surface area contributed by atoms with E-state index in [0.717, 1.165) is 16.5 Å². The van der Waals surface area contributed by atoms with Crippen LogP contribution in [0.25, 0.3) is 10.9 Å². The summed E-state index contributed by atoms with van der Waals surface area (Å²) in [5.41, 5.74) is 2.74. The third-order valence-corrected chi connectivity index (χ3v) is 3.55. The molecule has 5 nitrogen and oxygen atoms in total. The Labute approximate surface area is 135 Å². The van der Waals surface area contributed by atoms with Crippen molar-refractivity contribution >= 4 is 22.6 Å². The van der Waals surface area contributed by atoms with E-state index >= 15 is 0 Å². The average Bonchev–Trinajstić information content (AvgIpc) is 2.59. The maximum Gasteiger partial charge on any atom is 0.253 e. The lowest BCUT2D eigenvalue weighted by Crippen LogP contribution is -2.21. The number of carbonyl (C=O) groups is 1. The molecule has 0 aliphatic carbocycles. The van der Waals surface area contributed by atoms with Crippen molar-refractivity contribution in [3.8, 4) is 0 Å². The maximum atomic E-state index is 12.0. The van der Waals surface area contributed by atoms with E-state index in [4.69, 9.17) is 0 Å². The molecule has 0 aliphatic heterocycles. The number of anilines is 1. The van der Waals surface area contributed by atoms with Crippen LogP contribution < -0.4 is 5.32 Å². The van der Waals surface area contributed by atoms with Crippen molar-refractivity contribution in [2.24, 2.45) is 0 Å². The van der Waals surface area contributed by atoms with Gasteiger partial charge in [-0.3, -0.25) is 9.78 Å². The summed E-state index contributed by atoms with van der Waals surface area (Å²) in [5, 5.41) is 4.37. The summed E-state index contributed by atoms with van der Waals surface area (Å²) in [4.78, 5) is 22.1. The Hall–Kier alpha value is -2.95. The predicted molar refractivity (Wildman–Crippen MR) is 91.3 cm³/mol. The van der Waals surface area contributed by atoms with Crippen molar-refractivity contribution in [2.75, 3.05) is 19.4 Å². The zero-order valence-electron chi connectivity index (χ0n) is 13.2. The molecule has 0 spiro atoms. The molecule has 1 amide bonds. The van der Waals surface area contributed by atoms with Gasteiger partial charge in [-0.15, -0.1) is 0 Å². The Morgan fingerprint density at radius 1 is 1.09 bits per heavy atom. The van der Waals surface area contributed by atoms with E-state index in [0.29, 0.717) is 17.9 Å². The van der Waals surface area contributed by atoms with E-state index in [9.17, 15) is 4.79 Å². The fourth-order valence-corrected chi connectivity index (χ4v) is 2.35. The first-order valence-electron chi connectivity index (χ1n) is 7.39. The van der Waals surface area contributed by atoms with Crippen LogP contribution in [0.2, 0.25) is 0 Å². The summed E-state index contributed by atoms with van der Waals surface area (Å²) in [6, 6.07) is 13.6. The Morgan fingerprint density at radius 3 is 2.78 bits per heavy atom. The number of hydrogen-bond donors (Lipinski definition) is 1. The van der Waals surface area contributed by atoms with Crippen LogP contribution >= 0.6 is 0 Å². The Kier molecular flexibility index (Phi) is 4.19. The zero-order valence-corrected chi connectivity index (χ0v) is 13.2. The van der Waals surface area contributed by atoms with Gasteiger partial charge in [-0.05, 0) is 35.9 Å². The highest BCUT2D eigenvalue weighted by molar-refractivity contribution is 5.94. The minimum atomic E-state index is -0.0350. The van der Waals surface area contributed by atoms with Gasteiger partial charge in [0.25, 0.3) is 5.91 Å². The number of benzene rings is 1. The summed E-state index contributed by atoms with van der Waals surface area (Å²) in [6.07, 6.45) is 3.43. The molecule has 1 N–H and O–H groups in total. The second-order valence-electron chi connectivity index (χ2n) is 5.51. The highest BCUT2D eigenvalue weighted by atomic mass is 16.2. The number of rotatable bonds is 4. The first-order chi connectivity index (χ1) is 11.1.